The molecule has 222 valence electrons. The first kappa shape index (κ1) is 28.0. The minimum absolute atomic E-state index is 0.0403. The summed E-state index contributed by atoms with van der Waals surface area (Å²) in [7, 11) is 1.54. The Bertz CT molecular complexity index is 1890. The van der Waals surface area contributed by atoms with E-state index in [1.165, 1.54) is 38.5 Å². The number of halogens is 1. The number of pyridine rings is 2. The highest BCUT2D eigenvalue weighted by atomic mass is 19.1. The molecule has 8 heteroatoms. The fourth-order valence-electron chi connectivity index (χ4n) is 6.52. The lowest BCUT2D eigenvalue weighted by Gasteiger charge is -2.20. The number of nitrogens with one attached hydrogen (secondary N) is 2. The predicted molar refractivity (Wildman–Crippen MR) is 172 cm³/mol. The van der Waals surface area contributed by atoms with E-state index in [1.54, 1.807) is 12.4 Å². The largest absolute Gasteiger partial charge is 0.497 e. The van der Waals surface area contributed by atoms with Crippen LogP contribution in [0.2, 0.25) is 0 Å². The number of anilines is 1. The number of aromatic nitrogens is 3. The number of methoxy groups -OCH3 is 1. The van der Waals surface area contributed by atoms with Crippen molar-refractivity contribution in [2.75, 3.05) is 19.0 Å². The minimum atomic E-state index is -0.350. The molecule has 0 unspecified atom stereocenters. The lowest BCUT2D eigenvalue weighted by Crippen LogP contribution is -2.18. The fraction of sp³-hybridized carbons (Fsp3) is 0.278. The van der Waals surface area contributed by atoms with E-state index in [0.717, 1.165) is 75.2 Å². The molecule has 0 saturated heterocycles. The second-order valence-electron chi connectivity index (χ2n) is 11.7. The Kier molecular flexibility index (Phi) is 7.64. The highest BCUT2D eigenvalue weighted by Crippen LogP contribution is 2.34. The quantitative estimate of drug-likeness (QED) is 0.204. The Morgan fingerprint density at radius 2 is 1.91 bits per heavy atom. The van der Waals surface area contributed by atoms with Crippen LogP contribution in [-0.2, 0) is 11.2 Å². The van der Waals surface area contributed by atoms with Gasteiger partial charge in [-0.05, 0) is 78.3 Å². The van der Waals surface area contributed by atoms with Gasteiger partial charge in [-0.25, -0.2) is 9.37 Å². The van der Waals surface area contributed by atoms with Gasteiger partial charge in [0.05, 0.1) is 36.1 Å². The summed E-state index contributed by atoms with van der Waals surface area (Å²) in [5.41, 5.74) is 8.40. The molecule has 0 bridgehead atoms. The van der Waals surface area contributed by atoms with E-state index in [9.17, 15) is 9.18 Å². The number of rotatable bonds is 7. The van der Waals surface area contributed by atoms with Gasteiger partial charge in [0.25, 0.3) is 0 Å². The van der Waals surface area contributed by atoms with Crippen LogP contribution in [0.25, 0.3) is 33.3 Å². The molecule has 1 aliphatic heterocycles. The molecule has 0 spiro atoms. The summed E-state index contributed by atoms with van der Waals surface area (Å²) >= 11 is 0. The van der Waals surface area contributed by atoms with Crippen molar-refractivity contribution in [3.8, 4) is 28.1 Å². The second-order valence-corrected chi connectivity index (χ2v) is 11.7. The molecule has 2 N–H and O–H groups in total. The number of amides is 1. The molecule has 7 rings (SSSR count). The predicted octanol–water partition coefficient (Wildman–Crippen LogP) is 7.74. The van der Waals surface area contributed by atoms with Gasteiger partial charge in [0, 0.05) is 41.7 Å². The second kappa shape index (κ2) is 12.0. The van der Waals surface area contributed by atoms with E-state index in [-0.39, 0.29) is 11.7 Å². The van der Waals surface area contributed by atoms with Crippen molar-refractivity contribution in [3.05, 3.63) is 95.8 Å². The number of aromatic amines is 1. The van der Waals surface area contributed by atoms with Crippen molar-refractivity contribution in [2.24, 2.45) is 10.9 Å². The first-order chi connectivity index (χ1) is 21.5. The zero-order valence-electron chi connectivity index (χ0n) is 24.7. The monoisotopic (exact) mass is 587 g/mol. The maximum atomic E-state index is 14.4. The lowest BCUT2D eigenvalue weighted by atomic mass is 9.87. The molecule has 0 atom stereocenters. The fourth-order valence-corrected chi connectivity index (χ4v) is 6.52. The average molecular weight is 588 g/mol. The van der Waals surface area contributed by atoms with Crippen molar-refractivity contribution < 1.29 is 13.9 Å². The van der Waals surface area contributed by atoms with Gasteiger partial charge in [-0.3, -0.25) is 14.8 Å². The topological polar surface area (TPSA) is 92.3 Å². The van der Waals surface area contributed by atoms with E-state index in [0.29, 0.717) is 30.3 Å². The Labute approximate surface area is 255 Å². The SMILES string of the molecule is COc1cc(F)cc(-c2cccc3[nH]c(C4=NCCc5ccc(-c6cncc(NC(=O)CC7CCCCC7)c6)nc54)cc23)c1. The summed E-state index contributed by atoms with van der Waals surface area (Å²) in [6, 6.07) is 18.8. The molecule has 5 aromatic rings. The van der Waals surface area contributed by atoms with Gasteiger partial charge < -0.3 is 15.0 Å². The first-order valence-corrected chi connectivity index (χ1v) is 15.3. The Hall–Kier alpha value is -4.85. The summed E-state index contributed by atoms with van der Waals surface area (Å²) < 4.78 is 19.7. The van der Waals surface area contributed by atoms with Crippen LogP contribution in [0, 0.1) is 11.7 Å². The molecule has 1 amide bonds. The van der Waals surface area contributed by atoms with Crippen molar-refractivity contribution in [1.29, 1.82) is 0 Å². The normalized spacial score (nSPS) is 15.1. The van der Waals surface area contributed by atoms with E-state index < -0.39 is 0 Å². The number of carbonyl (C=O) groups excluding carboxylic acids is 1. The number of nitrogens with zero attached hydrogens (tertiary/aromatic N) is 3. The van der Waals surface area contributed by atoms with E-state index in [4.69, 9.17) is 14.7 Å². The summed E-state index contributed by atoms with van der Waals surface area (Å²) in [5.74, 6) is 0.630. The van der Waals surface area contributed by atoms with Gasteiger partial charge in [0.1, 0.15) is 17.3 Å². The van der Waals surface area contributed by atoms with Gasteiger partial charge >= 0.3 is 0 Å². The van der Waals surface area contributed by atoms with Gasteiger partial charge in [-0.15, -0.1) is 0 Å². The summed E-state index contributed by atoms with van der Waals surface area (Å²) in [5, 5.41) is 4.01. The van der Waals surface area contributed by atoms with Gasteiger partial charge in [0.15, 0.2) is 0 Å². The first-order valence-electron chi connectivity index (χ1n) is 15.3. The average Bonchev–Trinajstić information content (AvgIpc) is 3.49. The van der Waals surface area contributed by atoms with Crippen LogP contribution in [0.1, 0.15) is 55.5 Å². The number of carbonyl (C=O) groups is 1. The smallest absolute Gasteiger partial charge is 0.224 e. The maximum absolute atomic E-state index is 14.4. The van der Waals surface area contributed by atoms with Gasteiger partial charge in [-0.1, -0.05) is 37.5 Å². The molecule has 4 heterocycles. The number of hydrogen-bond acceptors (Lipinski definition) is 5. The minimum Gasteiger partial charge on any atom is -0.497 e. The molecular formula is C36H34FN5O2. The van der Waals surface area contributed by atoms with Crippen LogP contribution in [0.3, 0.4) is 0 Å². The van der Waals surface area contributed by atoms with Gasteiger partial charge in [-0.2, -0.15) is 0 Å². The van der Waals surface area contributed by atoms with Crippen molar-refractivity contribution in [3.63, 3.8) is 0 Å². The summed E-state index contributed by atoms with van der Waals surface area (Å²) in [4.78, 5) is 30.7. The van der Waals surface area contributed by atoms with Crippen molar-refractivity contribution in [1.82, 2.24) is 15.0 Å². The Morgan fingerprint density at radius 1 is 1.02 bits per heavy atom. The van der Waals surface area contributed by atoms with Crippen LogP contribution in [-0.4, -0.2) is 40.2 Å². The summed E-state index contributed by atoms with van der Waals surface area (Å²) in [6.45, 7) is 0.663. The molecular weight excluding hydrogens is 553 g/mol. The highest BCUT2D eigenvalue weighted by Gasteiger charge is 2.22. The molecule has 2 aromatic carbocycles. The third kappa shape index (κ3) is 5.72. The zero-order valence-corrected chi connectivity index (χ0v) is 24.7. The number of ether oxygens (including phenoxy) is 1. The highest BCUT2D eigenvalue weighted by molar-refractivity contribution is 6.15. The lowest BCUT2D eigenvalue weighted by molar-refractivity contribution is -0.117. The Balaban J connectivity index is 1.18. The van der Waals surface area contributed by atoms with Crippen LogP contribution < -0.4 is 10.1 Å². The molecule has 2 aliphatic rings. The number of hydrogen-bond donors (Lipinski definition) is 2. The molecule has 1 saturated carbocycles. The third-order valence-corrected chi connectivity index (χ3v) is 8.71. The molecule has 0 radical (unpaired) electrons. The third-order valence-electron chi connectivity index (χ3n) is 8.71. The number of fused-ring (bicyclic) bond motifs is 2. The molecule has 1 fully saturated rings. The van der Waals surface area contributed by atoms with E-state index in [1.807, 2.05) is 36.4 Å². The maximum Gasteiger partial charge on any atom is 0.224 e. The molecule has 1 aliphatic carbocycles. The number of H-pyrrole nitrogens is 1. The standard InChI is InChI=1S/C36H34FN5O2/c1-44-28-17-24(15-26(37)18-28)29-8-5-9-32-30(29)19-33(41-32)36-35-23(12-13-39-36)10-11-31(42-35)25-16-27(21-38-20-25)40-34(43)14-22-6-3-2-4-7-22/h5,8-11,15-22,41H,2-4,6-7,12-14H2,1H3,(H,40,43). The van der Waals surface area contributed by atoms with Crippen LogP contribution in [0.4, 0.5) is 10.1 Å². The van der Waals surface area contributed by atoms with Crippen molar-refractivity contribution in [2.45, 2.75) is 44.9 Å². The zero-order chi connectivity index (χ0) is 30.0. The van der Waals surface area contributed by atoms with Crippen LogP contribution >= 0.6 is 0 Å². The summed E-state index contributed by atoms with van der Waals surface area (Å²) in [6.07, 6.45) is 10.8. The van der Waals surface area contributed by atoms with Crippen molar-refractivity contribution >= 4 is 28.2 Å². The van der Waals surface area contributed by atoms with Gasteiger partial charge in [0.2, 0.25) is 5.91 Å². The van der Waals surface area contributed by atoms with E-state index >= 15 is 0 Å². The van der Waals surface area contributed by atoms with E-state index in [2.05, 4.69) is 27.4 Å². The molecule has 44 heavy (non-hydrogen) atoms. The molecule has 7 nitrogen and oxygen atoms in total. The number of benzene rings is 2. The molecule has 3 aromatic heterocycles. The van der Waals surface area contributed by atoms with Crippen LogP contribution in [0.5, 0.6) is 5.75 Å². The number of aliphatic imine (C=N–C) groups is 1. The van der Waals surface area contributed by atoms with Crippen LogP contribution in [0.15, 0.2) is 78.0 Å². The Morgan fingerprint density at radius 3 is 2.77 bits per heavy atom.